The Morgan fingerprint density at radius 2 is 2.71 bits per heavy atom. The molecule has 0 unspecified atom stereocenters. The molecule has 1 aromatic rings. The summed E-state index contributed by atoms with van der Waals surface area (Å²) in [6, 6.07) is 2.03. The van der Waals surface area contributed by atoms with Crippen LogP contribution in [0.1, 0.15) is 0 Å². The van der Waals surface area contributed by atoms with Gasteiger partial charge in [-0.1, -0.05) is 0 Å². The summed E-state index contributed by atoms with van der Waals surface area (Å²) in [5.74, 6) is 2.22. The molecule has 1 heterocycles. The van der Waals surface area contributed by atoms with Crippen LogP contribution in [0.4, 0.5) is 0 Å². The number of H-pyrrole nitrogens is 1. The van der Waals surface area contributed by atoms with Gasteiger partial charge in [0.2, 0.25) is 0 Å². The fourth-order valence-corrected chi connectivity index (χ4v) is 1.27. The monoisotopic (exact) mass is 156 g/mol. The van der Waals surface area contributed by atoms with Crippen molar-refractivity contribution in [1.82, 2.24) is 10.2 Å². The third kappa shape index (κ3) is 1.06. The Morgan fingerprint density at radius 3 is 3.00 bits per heavy atom. The van der Waals surface area contributed by atoms with Crippen LogP contribution in [0.25, 0.3) is 0 Å². The zero-order valence-electron chi connectivity index (χ0n) is 4.10. The van der Waals surface area contributed by atoms with E-state index in [4.69, 9.17) is 0 Å². The first-order chi connectivity index (χ1) is 3.43. The number of aromatic nitrogens is 2. The number of aromatic amines is 1. The SMILES string of the molecule is [CH3][Ge][c]1ccn[nH]1. The van der Waals surface area contributed by atoms with Crippen molar-refractivity contribution in [2.45, 2.75) is 5.76 Å². The van der Waals surface area contributed by atoms with E-state index in [0.717, 1.165) is 0 Å². The summed E-state index contributed by atoms with van der Waals surface area (Å²) in [6.45, 7) is 0. The maximum atomic E-state index is 3.80. The summed E-state index contributed by atoms with van der Waals surface area (Å²) >= 11 is 0.118. The fourth-order valence-electron chi connectivity index (χ4n) is 0.395. The van der Waals surface area contributed by atoms with Crippen molar-refractivity contribution in [1.29, 1.82) is 0 Å². The summed E-state index contributed by atoms with van der Waals surface area (Å²) in [6.07, 6.45) is 1.79. The van der Waals surface area contributed by atoms with E-state index in [9.17, 15) is 0 Å². The zero-order chi connectivity index (χ0) is 5.11. The Bertz CT molecular complexity index is 124. The summed E-state index contributed by atoms with van der Waals surface area (Å²) in [5, 5.41) is 6.69. The van der Waals surface area contributed by atoms with E-state index in [1.54, 1.807) is 6.20 Å². The van der Waals surface area contributed by atoms with Crippen molar-refractivity contribution in [3.05, 3.63) is 12.3 Å². The maximum absolute atomic E-state index is 3.80. The molecule has 1 N–H and O–H groups in total. The molecule has 0 amide bonds. The van der Waals surface area contributed by atoms with E-state index in [1.807, 2.05) is 6.07 Å². The van der Waals surface area contributed by atoms with Crippen molar-refractivity contribution < 1.29 is 0 Å². The molecule has 3 heteroatoms. The molecule has 0 aliphatic carbocycles. The average Bonchev–Trinajstić information content (AvgIpc) is 2.14. The number of rotatable bonds is 1. The van der Waals surface area contributed by atoms with E-state index in [2.05, 4.69) is 16.0 Å². The molecule has 2 radical (unpaired) electrons. The standard InChI is InChI=1S/C4H6GeN2/c1-5-4-2-3-6-7-4/h2-3H,1H3,(H,6,7). The normalized spacial score (nSPS) is 9.29. The molecule has 1 aromatic heterocycles. The molecule has 0 saturated carbocycles. The van der Waals surface area contributed by atoms with Crippen LogP contribution in [0.15, 0.2) is 12.3 Å². The first-order valence-electron chi connectivity index (χ1n) is 2.10. The van der Waals surface area contributed by atoms with Crippen LogP contribution in [-0.4, -0.2) is 25.6 Å². The Hall–Kier alpha value is -0.247. The predicted molar refractivity (Wildman–Crippen MR) is 29.8 cm³/mol. The molecule has 0 aliphatic rings. The van der Waals surface area contributed by atoms with Gasteiger partial charge in [0.25, 0.3) is 0 Å². The Balaban J connectivity index is 2.76. The molecule has 36 valence electrons. The van der Waals surface area contributed by atoms with Crippen LogP contribution >= 0.6 is 0 Å². The third-order valence-electron chi connectivity index (χ3n) is 0.770. The minimum atomic E-state index is 0.118. The van der Waals surface area contributed by atoms with Gasteiger partial charge in [0, 0.05) is 0 Å². The molecular formula is C4H6GeN2. The van der Waals surface area contributed by atoms with Crippen LogP contribution < -0.4 is 4.53 Å². The van der Waals surface area contributed by atoms with Crippen molar-refractivity contribution >= 4 is 20.0 Å². The second-order valence-corrected chi connectivity index (χ2v) is 3.40. The summed E-state index contributed by atoms with van der Waals surface area (Å²) in [5.41, 5.74) is 0. The van der Waals surface area contributed by atoms with Gasteiger partial charge in [-0.15, -0.1) is 0 Å². The third-order valence-corrected chi connectivity index (χ3v) is 2.48. The topological polar surface area (TPSA) is 28.7 Å². The van der Waals surface area contributed by atoms with Gasteiger partial charge in [-0.2, -0.15) is 0 Å². The second-order valence-electron chi connectivity index (χ2n) is 1.22. The summed E-state index contributed by atoms with van der Waals surface area (Å²) < 4.78 is 1.32. The molecule has 0 aromatic carbocycles. The molecule has 0 bridgehead atoms. The van der Waals surface area contributed by atoms with Gasteiger partial charge >= 0.3 is 48.2 Å². The number of nitrogens with zero attached hydrogens (tertiary/aromatic N) is 1. The van der Waals surface area contributed by atoms with Crippen LogP contribution in [0.5, 0.6) is 0 Å². The first kappa shape index (κ1) is 4.90. The van der Waals surface area contributed by atoms with Crippen LogP contribution in [-0.2, 0) is 0 Å². The van der Waals surface area contributed by atoms with Gasteiger partial charge in [-0.3, -0.25) is 0 Å². The molecule has 7 heavy (non-hydrogen) atoms. The predicted octanol–water partition coefficient (Wildman–Crippen LogP) is -0.213. The molecule has 0 spiro atoms. The van der Waals surface area contributed by atoms with E-state index in [0.29, 0.717) is 0 Å². The molecule has 0 aliphatic heterocycles. The van der Waals surface area contributed by atoms with Crippen LogP contribution in [0.2, 0.25) is 5.76 Å². The summed E-state index contributed by atoms with van der Waals surface area (Å²) in [4.78, 5) is 0. The van der Waals surface area contributed by atoms with Gasteiger partial charge in [0.15, 0.2) is 0 Å². The minimum absolute atomic E-state index is 0.118. The molecule has 2 nitrogen and oxygen atoms in total. The Morgan fingerprint density at radius 1 is 1.86 bits per heavy atom. The van der Waals surface area contributed by atoms with E-state index >= 15 is 0 Å². The van der Waals surface area contributed by atoms with Gasteiger partial charge in [-0.05, 0) is 0 Å². The number of nitrogens with one attached hydrogen (secondary N) is 1. The zero-order valence-corrected chi connectivity index (χ0v) is 6.20. The van der Waals surface area contributed by atoms with Gasteiger partial charge in [-0.25, -0.2) is 0 Å². The van der Waals surface area contributed by atoms with Crippen LogP contribution in [0, 0.1) is 0 Å². The van der Waals surface area contributed by atoms with E-state index in [-0.39, 0.29) is 15.4 Å². The number of hydrogen-bond donors (Lipinski definition) is 1. The average molecular weight is 155 g/mol. The molecule has 1 rings (SSSR count). The van der Waals surface area contributed by atoms with Crippen molar-refractivity contribution in [3.63, 3.8) is 0 Å². The van der Waals surface area contributed by atoms with Gasteiger partial charge in [0.1, 0.15) is 0 Å². The molecular weight excluding hydrogens is 149 g/mol. The molecule has 0 saturated heterocycles. The van der Waals surface area contributed by atoms with E-state index < -0.39 is 0 Å². The quantitative estimate of drug-likeness (QED) is 0.558. The summed E-state index contributed by atoms with van der Waals surface area (Å²) in [7, 11) is 0. The van der Waals surface area contributed by atoms with E-state index in [1.165, 1.54) is 4.53 Å². The van der Waals surface area contributed by atoms with Crippen molar-refractivity contribution in [2.24, 2.45) is 0 Å². The fraction of sp³-hybridized carbons (Fsp3) is 0.250. The second kappa shape index (κ2) is 2.16. The molecule has 0 atom stereocenters. The van der Waals surface area contributed by atoms with Gasteiger partial charge < -0.3 is 0 Å². The first-order valence-corrected chi connectivity index (χ1v) is 5.25. The number of hydrogen-bond acceptors (Lipinski definition) is 1. The van der Waals surface area contributed by atoms with Gasteiger partial charge in [0.05, 0.1) is 0 Å². The Labute approximate surface area is 48.8 Å². The van der Waals surface area contributed by atoms with Crippen LogP contribution in [0.3, 0.4) is 0 Å². The Kier molecular flexibility index (Phi) is 1.51. The van der Waals surface area contributed by atoms with Crippen molar-refractivity contribution in [2.75, 3.05) is 0 Å². The van der Waals surface area contributed by atoms with Crippen molar-refractivity contribution in [3.8, 4) is 0 Å². The molecule has 0 fully saturated rings.